The van der Waals surface area contributed by atoms with Crippen molar-refractivity contribution in [2.45, 2.75) is 58.0 Å². The smallest absolute Gasteiger partial charge is 0.251 e. The zero-order chi connectivity index (χ0) is 19.5. The Balaban J connectivity index is 1.40. The number of imide groups is 1. The molecule has 1 atom stereocenters. The van der Waals surface area contributed by atoms with E-state index in [1.807, 2.05) is 6.92 Å². The number of hydrogen-bond donors (Lipinski definition) is 1. The second-order valence-corrected chi connectivity index (χ2v) is 8.34. The van der Waals surface area contributed by atoms with E-state index in [-0.39, 0.29) is 18.2 Å². The summed E-state index contributed by atoms with van der Waals surface area (Å²) in [5, 5.41) is 4.25. The second kappa shape index (κ2) is 8.41. The zero-order valence-corrected chi connectivity index (χ0v) is 16.9. The molecule has 0 saturated carbocycles. The standard InChI is InChI=1S/C21H25N3O3S/c1-2-27-15-10-8-14(9-11-15)24-20(25)12-17(21(24)26)22-13-19-23-16-6-4-3-5-7-18(16)28-19/h8-11,17,22H,2-7,12-13H2,1H3. The molecule has 1 aromatic heterocycles. The number of rotatable bonds is 6. The van der Waals surface area contributed by atoms with Gasteiger partial charge in [0.1, 0.15) is 10.8 Å². The van der Waals surface area contributed by atoms with Gasteiger partial charge in [0.15, 0.2) is 0 Å². The number of aromatic nitrogens is 1. The minimum absolute atomic E-state index is 0.178. The molecule has 2 heterocycles. The zero-order valence-electron chi connectivity index (χ0n) is 16.1. The Hall–Kier alpha value is -2.25. The van der Waals surface area contributed by atoms with Crippen LogP contribution in [0.2, 0.25) is 0 Å². The first-order valence-electron chi connectivity index (χ1n) is 9.96. The molecular weight excluding hydrogens is 374 g/mol. The molecule has 1 aromatic carbocycles. The molecule has 148 valence electrons. The third kappa shape index (κ3) is 3.95. The van der Waals surface area contributed by atoms with E-state index in [4.69, 9.17) is 9.72 Å². The van der Waals surface area contributed by atoms with Crippen LogP contribution in [0.15, 0.2) is 24.3 Å². The monoisotopic (exact) mass is 399 g/mol. The predicted octanol–water partition coefficient (Wildman–Crippen LogP) is 3.23. The fourth-order valence-electron chi connectivity index (χ4n) is 3.79. The van der Waals surface area contributed by atoms with Gasteiger partial charge in [-0.15, -0.1) is 11.3 Å². The van der Waals surface area contributed by atoms with E-state index in [1.54, 1.807) is 35.6 Å². The van der Waals surface area contributed by atoms with Crippen LogP contribution in [0, 0.1) is 0 Å². The van der Waals surface area contributed by atoms with E-state index in [0.717, 1.165) is 23.6 Å². The first-order valence-corrected chi connectivity index (χ1v) is 10.8. The number of thiazole rings is 1. The summed E-state index contributed by atoms with van der Waals surface area (Å²) in [6.07, 6.45) is 6.05. The van der Waals surface area contributed by atoms with Gasteiger partial charge < -0.3 is 4.74 Å². The average Bonchev–Trinajstić information content (AvgIpc) is 3.12. The normalized spacial score (nSPS) is 19.6. The van der Waals surface area contributed by atoms with Gasteiger partial charge in [-0.25, -0.2) is 9.88 Å². The first-order chi connectivity index (χ1) is 13.7. The lowest BCUT2D eigenvalue weighted by Crippen LogP contribution is -2.38. The van der Waals surface area contributed by atoms with Crippen LogP contribution in [0.3, 0.4) is 0 Å². The molecule has 6 nitrogen and oxygen atoms in total. The molecule has 2 amide bonds. The van der Waals surface area contributed by atoms with Crippen molar-refractivity contribution >= 4 is 28.8 Å². The van der Waals surface area contributed by atoms with Gasteiger partial charge in [-0.3, -0.25) is 14.9 Å². The highest BCUT2D eigenvalue weighted by Crippen LogP contribution is 2.28. The molecule has 2 aliphatic rings. The van der Waals surface area contributed by atoms with Gasteiger partial charge in [0, 0.05) is 11.4 Å². The van der Waals surface area contributed by atoms with E-state index >= 15 is 0 Å². The van der Waals surface area contributed by atoms with Crippen molar-refractivity contribution < 1.29 is 14.3 Å². The van der Waals surface area contributed by atoms with Crippen LogP contribution in [0.5, 0.6) is 5.75 Å². The van der Waals surface area contributed by atoms with Gasteiger partial charge in [0.05, 0.1) is 30.5 Å². The maximum atomic E-state index is 12.8. The minimum atomic E-state index is -0.497. The van der Waals surface area contributed by atoms with Gasteiger partial charge in [-0.05, 0) is 56.9 Å². The van der Waals surface area contributed by atoms with Crippen molar-refractivity contribution in [1.82, 2.24) is 10.3 Å². The number of nitrogens with zero attached hydrogens (tertiary/aromatic N) is 2. The highest BCUT2D eigenvalue weighted by molar-refractivity contribution is 7.11. The fourth-order valence-corrected chi connectivity index (χ4v) is 4.90. The van der Waals surface area contributed by atoms with Gasteiger partial charge in [0.25, 0.3) is 5.91 Å². The molecule has 1 fully saturated rings. The van der Waals surface area contributed by atoms with Crippen LogP contribution in [-0.2, 0) is 29.0 Å². The van der Waals surface area contributed by atoms with Crippen LogP contribution < -0.4 is 15.0 Å². The molecule has 1 aliphatic carbocycles. The summed E-state index contributed by atoms with van der Waals surface area (Å²) in [6.45, 7) is 3.02. The third-order valence-corrected chi connectivity index (χ3v) is 6.35. The van der Waals surface area contributed by atoms with Crippen molar-refractivity contribution in [1.29, 1.82) is 0 Å². The Morgan fingerprint density at radius 2 is 1.96 bits per heavy atom. The number of anilines is 1. The third-order valence-electron chi connectivity index (χ3n) is 5.19. The number of carbonyl (C=O) groups excluding carboxylic acids is 2. The van der Waals surface area contributed by atoms with Gasteiger partial charge in [0.2, 0.25) is 5.91 Å². The minimum Gasteiger partial charge on any atom is -0.494 e. The van der Waals surface area contributed by atoms with E-state index in [0.29, 0.717) is 18.8 Å². The Morgan fingerprint density at radius 1 is 1.18 bits per heavy atom. The van der Waals surface area contributed by atoms with E-state index in [1.165, 1.54) is 34.7 Å². The van der Waals surface area contributed by atoms with Crippen LogP contribution in [0.1, 0.15) is 48.2 Å². The van der Waals surface area contributed by atoms with Crippen molar-refractivity contribution in [2.75, 3.05) is 11.5 Å². The number of nitrogens with one attached hydrogen (secondary N) is 1. The first kappa shape index (κ1) is 19.1. The lowest BCUT2D eigenvalue weighted by Gasteiger charge is -2.16. The topological polar surface area (TPSA) is 71.5 Å². The molecule has 7 heteroatoms. The predicted molar refractivity (Wildman–Crippen MR) is 109 cm³/mol. The molecule has 1 N–H and O–H groups in total. The number of benzene rings is 1. The van der Waals surface area contributed by atoms with E-state index < -0.39 is 6.04 Å². The van der Waals surface area contributed by atoms with Crippen LogP contribution in [0.25, 0.3) is 0 Å². The van der Waals surface area contributed by atoms with Gasteiger partial charge in [-0.2, -0.15) is 0 Å². The van der Waals surface area contributed by atoms with Gasteiger partial charge >= 0.3 is 0 Å². The quantitative estimate of drug-likeness (QED) is 0.596. The molecule has 0 radical (unpaired) electrons. The number of aryl methyl sites for hydroxylation is 2. The van der Waals surface area contributed by atoms with E-state index in [2.05, 4.69) is 5.32 Å². The van der Waals surface area contributed by atoms with Crippen molar-refractivity contribution in [3.63, 3.8) is 0 Å². The molecule has 0 spiro atoms. The van der Waals surface area contributed by atoms with Crippen molar-refractivity contribution in [2.24, 2.45) is 0 Å². The average molecular weight is 400 g/mol. The summed E-state index contributed by atoms with van der Waals surface area (Å²) in [5.41, 5.74) is 1.81. The van der Waals surface area contributed by atoms with E-state index in [9.17, 15) is 9.59 Å². The molecule has 1 saturated heterocycles. The van der Waals surface area contributed by atoms with Crippen molar-refractivity contribution in [3.8, 4) is 5.75 Å². The second-order valence-electron chi connectivity index (χ2n) is 7.17. The number of carbonyl (C=O) groups is 2. The molecule has 4 rings (SSSR count). The molecular formula is C21H25N3O3S. The lowest BCUT2D eigenvalue weighted by molar-refractivity contribution is -0.121. The Morgan fingerprint density at radius 3 is 2.75 bits per heavy atom. The number of ether oxygens (including phenoxy) is 1. The summed E-state index contributed by atoms with van der Waals surface area (Å²) < 4.78 is 5.42. The summed E-state index contributed by atoms with van der Waals surface area (Å²) in [5.74, 6) is 0.345. The summed E-state index contributed by atoms with van der Waals surface area (Å²) in [6, 6.07) is 6.57. The maximum absolute atomic E-state index is 12.8. The fraction of sp³-hybridized carbons (Fsp3) is 0.476. The maximum Gasteiger partial charge on any atom is 0.251 e. The van der Waals surface area contributed by atoms with Crippen molar-refractivity contribution in [3.05, 3.63) is 39.8 Å². The van der Waals surface area contributed by atoms with Crippen LogP contribution >= 0.6 is 11.3 Å². The Labute approximate surface area is 168 Å². The summed E-state index contributed by atoms with van der Waals surface area (Å²) in [4.78, 5) is 32.6. The summed E-state index contributed by atoms with van der Waals surface area (Å²) in [7, 11) is 0. The molecule has 1 aliphatic heterocycles. The highest BCUT2D eigenvalue weighted by Gasteiger charge is 2.39. The van der Waals surface area contributed by atoms with Crippen LogP contribution in [0.4, 0.5) is 5.69 Å². The number of fused-ring (bicyclic) bond motifs is 1. The SMILES string of the molecule is CCOc1ccc(N2C(=O)CC(NCc3nc4c(s3)CCCCC4)C2=O)cc1. The van der Waals surface area contributed by atoms with Crippen LogP contribution in [-0.4, -0.2) is 29.4 Å². The lowest BCUT2D eigenvalue weighted by atomic mass is 10.2. The highest BCUT2D eigenvalue weighted by atomic mass is 32.1. The molecule has 2 aromatic rings. The molecule has 0 bridgehead atoms. The summed E-state index contributed by atoms with van der Waals surface area (Å²) >= 11 is 1.74. The molecule has 1 unspecified atom stereocenters. The number of amides is 2. The molecule has 28 heavy (non-hydrogen) atoms. The number of hydrogen-bond acceptors (Lipinski definition) is 6. The van der Waals surface area contributed by atoms with Gasteiger partial charge in [-0.1, -0.05) is 6.42 Å². The largest absolute Gasteiger partial charge is 0.494 e. The Kier molecular flexibility index (Phi) is 5.73. The Bertz CT molecular complexity index is 839.